The van der Waals surface area contributed by atoms with Gasteiger partial charge >= 0.3 is 5.97 Å². The highest BCUT2D eigenvalue weighted by Gasteiger charge is 2.20. The van der Waals surface area contributed by atoms with Crippen molar-refractivity contribution in [3.63, 3.8) is 0 Å². The van der Waals surface area contributed by atoms with Gasteiger partial charge in [-0.3, -0.25) is 9.59 Å². The molecule has 0 aromatic carbocycles. The summed E-state index contributed by atoms with van der Waals surface area (Å²) in [7, 11) is 0. The van der Waals surface area contributed by atoms with E-state index in [9.17, 15) is 19.8 Å². The van der Waals surface area contributed by atoms with E-state index in [1.165, 1.54) is 398 Å². The third-order valence-corrected chi connectivity index (χ3v) is 19.2. The lowest BCUT2D eigenvalue weighted by molar-refractivity contribution is -0.143. The molecule has 0 aromatic heterocycles. The molecule has 0 aliphatic carbocycles. The molecule has 6 heteroatoms. The van der Waals surface area contributed by atoms with Crippen LogP contribution in [0.5, 0.6) is 0 Å². The Hall–Kier alpha value is -1.14. The molecule has 0 bridgehead atoms. The molecule has 0 saturated heterocycles. The maximum absolute atomic E-state index is 12.5. The fraction of sp³-hybridized carbons (Fsp3) is 0.975. The van der Waals surface area contributed by atoms with Crippen LogP contribution < -0.4 is 5.32 Å². The third-order valence-electron chi connectivity index (χ3n) is 19.2. The summed E-state index contributed by atoms with van der Waals surface area (Å²) in [4.78, 5) is 24.7. The minimum absolute atomic E-state index is 0.0254. The van der Waals surface area contributed by atoms with Crippen molar-refractivity contribution in [1.82, 2.24) is 5.32 Å². The summed E-state index contributed by atoms with van der Waals surface area (Å²) in [5, 5.41) is 23.4. The van der Waals surface area contributed by atoms with Crippen molar-refractivity contribution in [2.24, 2.45) is 0 Å². The lowest BCUT2D eigenvalue weighted by Crippen LogP contribution is -2.45. The van der Waals surface area contributed by atoms with Crippen LogP contribution in [0, 0.1) is 0 Å². The van der Waals surface area contributed by atoms with Gasteiger partial charge in [0.05, 0.1) is 25.4 Å². The second-order valence-electron chi connectivity index (χ2n) is 27.8. The molecule has 0 aliphatic rings. The Kier molecular flexibility index (Phi) is 74.3. The van der Waals surface area contributed by atoms with Crippen molar-refractivity contribution in [1.29, 1.82) is 0 Å². The number of rotatable bonds is 76. The van der Waals surface area contributed by atoms with Gasteiger partial charge in [0, 0.05) is 12.8 Å². The minimum atomic E-state index is -0.661. The zero-order valence-corrected chi connectivity index (χ0v) is 58.4. The summed E-state index contributed by atoms with van der Waals surface area (Å²) in [6.07, 6.45) is 93.4. The van der Waals surface area contributed by atoms with Gasteiger partial charge in [0.2, 0.25) is 5.91 Å². The minimum Gasteiger partial charge on any atom is -0.466 e. The summed E-state index contributed by atoms with van der Waals surface area (Å²) in [6, 6.07) is -0.538. The summed E-state index contributed by atoms with van der Waals surface area (Å²) in [5.74, 6) is 0.00171. The van der Waals surface area contributed by atoms with Crippen molar-refractivity contribution in [3.8, 4) is 0 Å². The Labute approximate surface area is 534 Å². The number of unbranched alkanes of at least 4 members (excludes halogenated alkanes) is 65. The first-order valence-corrected chi connectivity index (χ1v) is 39.8. The van der Waals surface area contributed by atoms with E-state index in [0.717, 1.165) is 38.5 Å². The topological polar surface area (TPSA) is 95.9 Å². The number of ether oxygens (including phenoxy) is 1. The van der Waals surface area contributed by atoms with Crippen LogP contribution in [0.4, 0.5) is 0 Å². The molecule has 0 spiro atoms. The average Bonchev–Trinajstić information content (AvgIpc) is 3.51. The van der Waals surface area contributed by atoms with E-state index in [-0.39, 0.29) is 18.5 Å². The predicted octanol–water partition coefficient (Wildman–Crippen LogP) is 26.1. The molecule has 3 N–H and O–H groups in total. The summed E-state index contributed by atoms with van der Waals surface area (Å²) in [6.45, 7) is 5.02. The highest BCUT2D eigenvalue weighted by Crippen LogP contribution is 2.21. The Bertz CT molecular complexity index is 1240. The number of aliphatic hydroxyl groups is 2. The molecule has 0 aromatic rings. The summed E-state index contributed by atoms with van der Waals surface area (Å²) < 4.78 is 5.52. The molecule has 0 aliphatic heterocycles. The number of carbonyl (C=O) groups excluding carboxylic acids is 2. The molecule has 85 heavy (non-hydrogen) atoms. The number of hydrogen-bond donors (Lipinski definition) is 3. The maximum atomic E-state index is 12.5. The lowest BCUT2D eigenvalue weighted by Gasteiger charge is -2.22. The molecule has 0 fully saturated rings. The Morgan fingerprint density at radius 3 is 0.718 bits per heavy atom. The number of nitrogens with one attached hydrogen (secondary N) is 1. The zero-order valence-electron chi connectivity index (χ0n) is 58.4. The maximum Gasteiger partial charge on any atom is 0.305 e. The molecule has 0 saturated carbocycles. The van der Waals surface area contributed by atoms with E-state index in [1.54, 1.807) is 0 Å². The van der Waals surface area contributed by atoms with Gasteiger partial charge in [-0.05, 0) is 25.7 Å². The van der Waals surface area contributed by atoms with E-state index in [1.807, 2.05) is 0 Å². The zero-order chi connectivity index (χ0) is 61.3. The van der Waals surface area contributed by atoms with Crippen molar-refractivity contribution in [2.75, 3.05) is 13.2 Å². The quantitative estimate of drug-likeness (QED) is 0.0417. The van der Waals surface area contributed by atoms with Crippen LogP contribution in [0.3, 0.4) is 0 Å². The van der Waals surface area contributed by atoms with Crippen molar-refractivity contribution in [2.45, 2.75) is 482 Å². The van der Waals surface area contributed by atoms with Gasteiger partial charge in [-0.15, -0.1) is 0 Å². The Balaban J connectivity index is 3.30. The monoisotopic (exact) mass is 1200 g/mol. The van der Waals surface area contributed by atoms with E-state index in [2.05, 4.69) is 19.2 Å². The number of aliphatic hydroxyl groups excluding tert-OH is 2. The van der Waals surface area contributed by atoms with Crippen LogP contribution in [0.15, 0.2) is 0 Å². The van der Waals surface area contributed by atoms with Crippen molar-refractivity contribution < 1.29 is 24.5 Å². The first-order valence-electron chi connectivity index (χ1n) is 39.8. The van der Waals surface area contributed by atoms with Gasteiger partial charge in [-0.1, -0.05) is 431 Å². The standard InChI is InChI=1S/C79H157NO5/c1-3-5-7-9-11-13-15-17-19-21-36-41-45-49-53-57-61-65-69-73-79(84)85-74-70-66-62-58-54-50-46-42-38-35-33-31-29-27-25-23-24-26-28-30-32-34-37-40-44-48-52-56-60-64-68-72-78(83)80-76(75-81)77(82)71-67-63-59-55-51-47-43-39-22-20-18-16-14-12-10-8-6-4-2/h76-77,81-82H,3-75H2,1-2H3,(H,80,83). The van der Waals surface area contributed by atoms with Crippen LogP contribution in [-0.2, 0) is 14.3 Å². The average molecular weight is 1200 g/mol. The fourth-order valence-corrected chi connectivity index (χ4v) is 13.1. The van der Waals surface area contributed by atoms with Crippen molar-refractivity contribution in [3.05, 3.63) is 0 Å². The largest absolute Gasteiger partial charge is 0.466 e. The van der Waals surface area contributed by atoms with E-state index >= 15 is 0 Å². The number of carbonyl (C=O) groups is 2. The van der Waals surface area contributed by atoms with Crippen molar-refractivity contribution >= 4 is 11.9 Å². The summed E-state index contributed by atoms with van der Waals surface area (Å²) in [5.41, 5.74) is 0. The molecular formula is C79H157NO5. The molecule has 6 nitrogen and oxygen atoms in total. The van der Waals surface area contributed by atoms with Crippen LogP contribution in [0.1, 0.15) is 470 Å². The predicted molar refractivity (Wildman–Crippen MR) is 375 cm³/mol. The van der Waals surface area contributed by atoms with Gasteiger partial charge in [0.25, 0.3) is 0 Å². The smallest absolute Gasteiger partial charge is 0.305 e. The van der Waals surface area contributed by atoms with Crippen LogP contribution in [0.2, 0.25) is 0 Å². The van der Waals surface area contributed by atoms with Gasteiger partial charge in [-0.25, -0.2) is 0 Å². The number of amides is 1. The number of hydrogen-bond acceptors (Lipinski definition) is 5. The molecular weight excluding hydrogens is 1040 g/mol. The number of esters is 1. The fourth-order valence-electron chi connectivity index (χ4n) is 13.1. The molecule has 0 radical (unpaired) electrons. The van der Waals surface area contributed by atoms with Crippen LogP contribution >= 0.6 is 0 Å². The van der Waals surface area contributed by atoms with Gasteiger partial charge in [0.15, 0.2) is 0 Å². The second-order valence-corrected chi connectivity index (χ2v) is 27.8. The molecule has 0 heterocycles. The first kappa shape index (κ1) is 83.9. The van der Waals surface area contributed by atoms with Gasteiger partial charge < -0.3 is 20.3 Å². The normalized spacial score (nSPS) is 12.4. The Morgan fingerprint density at radius 1 is 0.282 bits per heavy atom. The lowest BCUT2D eigenvalue weighted by atomic mass is 10.0. The second kappa shape index (κ2) is 75.3. The van der Waals surface area contributed by atoms with E-state index < -0.39 is 12.1 Å². The van der Waals surface area contributed by atoms with Gasteiger partial charge in [-0.2, -0.15) is 0 Å². The molecule has 0 rings (SSSR count). The molecule has 2 unspecified atom stereocenters. The first-order chi connectivity index (χ1) is 42.0. The highest BCUT2D eigenvalue weighted by atomic mass is 16.5. The molecule has 508 valence electrons. The SMILES string of the molecule is CCCCCCCCCCCCCCCCCCCCCC(=O)OCCCCCCCCCCCCCCCCCCCCCCCCCCCCCCCCCC(=O)NC(CO)C(O)CCCCCCCCCCCCCCCCCCCC. The highest BCUT2D eigenvalue weighted by molar-refractivity contribution is 5.76. The van der Waals surface area contributed by atoms with E-state index in [0.29, 0.717) is 25.9 Å². The third kappa shape index (κ3) is 71.8. The molecule has 1 amide bonds. The van der Waals surface area contributed by atoms with Gasteiger partial charge in [0.1, 0.15) is 0 Å². The molecule has 2 atom stereocenters. The van der Waals surface area contributed by atoms with Crippen LogP contribution in [0.25, 0.3) is 0 Å². The summed E-state index contributed by atoms with van der Waals surface area (Å²) >= 11 is 0. The van der Waals surface area contributed by atoms with E-state index in [4.69, 9.17) is 4.74 Å². The van der Waals surface area contributed by atoms with Crippen LogP contribution in [-0.4, -0.2) is 47.4 Å². The Morgan fingerprint density at radius 2 is 0.482 bits per heavy atom.